The van der Waals surface area contributed by atoms with E-state index in [2.05, 4.69) is 0 Å². The van der Waals surface area contributed by atoms with E-state index in [1.807, 2.05) is 0 Å². The Kier molecular flexibility index (Phi) is 2.33. The molecule has 0 aliphatic heterocycles. The van der Waals surface area contributed by atoms with Gasteiger partial charge >= 0.3 is 11.9 Å². The van der Waals surface area contributed by atoms with Crippen LogP contribution in [0.4, 0.5) is 0 Å². The van der Waals surface area contributed by atoms with Crippen molar-refractivity contribution < 1.29 is 19.8 Å². The first-order valence-electron chi connectivity index (χ1n) is 4.64. The maximum atomic E-state index is 11.2. The molecule has 0 radical (unpaired) electrons. The van der Waals surface area contributed by atoms with Crippen molar-refractivity contribution in [3.63, 3.8) is 0 Å². The highest BCUT2D eigenvalue weighted by Crippen LogP contribution is 2.55. The van der Waals surface area contributed by atoms with Crippen LogP contribution < -0.4 is 11.5 Å². The Morgan fingerprint density at radius 1 is 1.07 bits per heavy atom. The van der Waals surface area contributed by atoms with Crippen molar-refractivity contribution in [2.45, 2.75) is 32.4 Å². The quantitative estimate of drug-likeness (QED) is 0.464. The minimum Gasteiger partial charge on any atom is -0.481 e. The number of rotatable bonds is 2. The topological polar surface area (TPSA) is 127 Å². The molecule has 1 aliphatic rings. The molecular formula is C9H16N2O4. The highest BCUT2D eigenvalue weighted by molar-refractivity contribution is 5.88. The van der Waals surface area contributed by atoms with Crippen molar-refractivity contribution in [3.05, 3.63) is 0 Å². The Morgan fingerprint density at radius 2 is 1.53 bits per heavy atom. The summed E-state index contributed by atoms with van der Waals surface area (Å²) in [6, 6.07) is 0. The highest BCUT2D eigenvalue weighted by Gasteiger charge is 2.68. The fourth-order valence-corrected chi connectivity index (χ4v) is 2.23. The van der Waals surface area contributed by atoms with Gasteiger partial charge < -0.3 is 21.7 Å². The molecule has 0 spiro atoms. The van der Waals surface area contributed by atoms with E-state index in [-0.39, 0.29) is 12.8 Å². The number of carbonyl (C=O) groups is 2. The lowest BCUT2D eigenvalue weighted by atomic mass is 9.64. The molecule has 1 aliphatic carbocycles. The Labute approximate surface area is 87.2 Å². The predicted molar refractivity (Wildman–Crippen MR) is 51.8 cm³/mol. The van der Waals surface area contributed by atoms with Gasteiger partial charge in [-0.05, 0) is 26.7 Å². The van der Waals surface area contributed by atoms with Crippen molar-refractivity contribution in [1.82, 2.24) is 0 Å². The van der Waals surface area contributed by atoms with E-state index in [0.29, 0.717) is 0 Å². The van der Waals surface area contributed by atoms with Crippen LogP contribution in [0.25, 0.3) is 0 Å². The van der Waals surface area contributed by atoms with Crippen molar-refractivity contribution in [1.29, 1.82) is 0 Å². The molecule has 6 N–H and O–H groups in total. The smallest absolute Gasteiger partial charge is 0.313 e. The third kappa shape index (κ3) is 1.18. The second-order valence-electron chi connectivity index (χ2n) is 4.61. The standard InChI is InChI=1S/C9H16N2O4/c1-7(5(12)13)3-4-9(10,11)8(7,2)6(14)15/h3-4,10-11H2,1-2H3,(H,12,13)(H,14,15). The molecule has 0 bridgehead atoms. The molecule has 0 aromatic heterocycles. The van der Waals surface area contributed by atoms with Crippen LogP contribution >= 0.6 is 0 Å². The predicted octanol–water partition coefficient (Wildman–Crippen LogP) is -0.424. The molecular weight excluding hydrogens is 200 g/mol. The molecule has 2 atom stereocenters. The van der Waals surface area contributed by atoms with Crippen LogP contribution in [0.15, 0.2) is 0 Å². The van der Waals surface area contributed by atoms with Crippen LogP contribution in [0.3, 0.4) is 0 Å². The molecule has 0 heterocycles. The summed E-state index contributed by atoms with van der Waals surface area (Å²) in [4.78, 5) is 22.4. The fraction of sp³-hybridized carbons (Fsp3) is 0.778. The molecule has 1 fully saturated rings. The van der Waals surface area contributed by atoms with Crippen molar-refractivity contribution >= 4 is 11.9 Å². The van der Waals surface area contributed by atoms with Gasteiger partial charge in [-0.25, -0.2) is 0 Å². The molecule has 15 heavy (non-hydrogen) atoms. The van der Waals surface area contributed by atoms with E-state index < -0.39 is 28.4 Å². The van der Waals surface area contributed by atoms with E-state index in [1.165, 1.54) is 13.8 Å². The summed E-state index contributed by atoms with van der Waals surface area (Å²) in [5.41, 5.74) is 6.83. The van der Waals surface area contributed by atoms with Gasteiger partial charge in [0.2, 0.25) is 0 Å². The first-order chi connectivity index (χ1) is 6.59. The second kappa shape index (κ2) is 2.93. The van der Waals surface area contributed by atoms with Gasteiger partial charge in [-0.1, -0.05) is 0 Å². The van der Waals surface area contributed by atoms with E-state index in [0.717, 1.165) is 0 Å². The Morgan fingerprint density at radius 3 is 1.80 bits per heavy atom. The average Bonchev–Trinajstić information content (AvgIpc) is 2.28. The van der Waals surface area contributed by atoms with Crippen LogP contribution in [0, 0.1) is 10.8 Å². The van der Waals surface area contributed by atoms with E-state index >= 15 is 0 Å². The number of carboxylic acids is 2. The molecule has 0 aromatic rings. The Bertz CT molecular complexity index is 328. The number of carboxylic acid groups (broad SMARTS) is 2. The van der Waals surface area contributed by atoms with E-state index in [4.69, 9.17) is 21.7 Å². The number of aliphatic carboxylic acids is 2. The van der Waals surface area contributed by atoms with Crippen LogP contribution in [0.5, 0.6) is 0 Å². The van der Waals surface area contributed by atoms with Gasteiger partial charge in [0.05, 0.1) is 11.1 Å². The third-order valence-electron chi connectivity index (χ3n) is 3.97. The summed E-state index contributed by atoms with van der Waals surface area (Å²) in [5, 5.41) is 18.3. The fourth-order valence-electron chi connectivity index (χ4n) is 2.23. The molecule has 1 saturated carbocycles. The van der Waals surface area contributed by atoms with Crippen molar-refractivity contribution in [2.24, 2.45) is 22.3 Å². The van der Waals surface area contributed by atoms with E-state index in [1.54, 1.807) is 0 Å². The monoisotopic (exact) mass is 216 g/mol. The van der Waals surface area contributed by atoms with Gasteiger partial charge in [0.1, 0.15) is 5.41 Å². The SMILES string of the molecule is CC1(C(=O)O)CCC(N)(N)C1(C)C(=O)O. The molecule has 6 nitrogen and oxygen atoms in total. The number of hydrogen-bond donors (Lipinski definition) is 4. The average molecular weight is 216 g/mol. The lowest BCUT2D eigenvalue weighted by Crippen LogP contribution is -2.66. The largest absolute Gasteiger partial charge is 0.481 e. The summed E-state index contributed by atoms with van der Waals surface area (Å²) >= 11 is 0. The molecule has 6 heteroatoms. The van der Waals surface area contributed by atoms with Crippen molar-refractivity contribution in [2.75, 3.05) is 0 Å². The summed E-state index contributed by atoms with van der Waals surface area (Å²) < 4.78 is 0. The summed E-state index contributed by atoms with van der Waals surface area (Å²) in [6.45, 7) is 2.68. The minimum atomic E-state index is -1.66. The summed E-state index contributed by atoms with van der Waals surface area (Å²) in [6.07, 6.45) is 0.344. The van der Waals surface area contributed by atoms with Crippen LogP contribution in [0.2, 0.25) is 0 Å². The first-order valence-corrected chi connectivity index (χ1v) is 4.64. The zero-order chi connectivity index (χ0) is 12.1. The van der Waals surface area contributed by atoms with Gasteiger partial charge in [-0.15, -0.1) is 0 Å². The van der Waals surface area contributed by atoms with Crippen LogP contribution in [0.1, 0.15) is 26.7 Å². The van der Waals surface area contributed by atoms with Crippen molar-refractivity contribution in [3.8, 4) is 0 Å². The molecule has 86 valence electrons. The van der Waals surface area contributed by atoms with Gasteiger partial charge in [-0.2, -0.15) is 0 Å². The summed E-state index contributed by atoms with van der Waals surface area (Å²) in [7, 11) is 0. The second-order valence-corrected chi connectivity index (χ2v) is 4.61. The first kappa shape index (κ1) is 11.9. The summed E-state index contributed by atoms with van der Waals surface area (Å²) in [5.74, 6) is -2.44. The molecule has 0 aromatic carbocycles. The van der Waals surface area contributed by atoms with Gasteiger partial charge in [0, 0.05) is 0 Å². The Hall–Kier alpha value is -1.14. The molecule has 0 saturated heterocycles. The molecule has 2 unspecified atom stereocenters. The van der Waals surface area contributed by atoms with Crippen LogP contribution in [-0.4, -0.2) is 27.8 Å². The number of hydrogen-bond acceptors (Lipinski definition) is 4. The lowest BCUT2D eigenvalue weighted by Gasteiger charge is -2.41. The number of nitrogens with two attached hydrogens (primary N) is 2. The zero-order valence-electron chi connectivity index (χ0n) is 8.78. The lowest BCUT2D eigenvalue weighted by molar-refractivity contribution is -0.172. The van der Waals surface area contributed by atoms with E-state index in [9.17, 15) is 9.59 Å². The maximum absolute atomic E-state index is 11.2. The van der Waals surface area contributed by atoms with Gasteiger partial charge in [-0.3, -0.25) is 9.59 Å². The van der Waals surface area contributed by atoms with Gasteiger partial charge in [0.25, 0.3) is 0 Å². The third-order valence-corrected chi connectivity index (χ3v) is 3.97. The molecule has 1 rings (SSSR count). The minimum absolute atomic E-state index is 0.165. The Balaban J connectivity index is 3.37. The normalized spacial score (nSPS) is 38.9. The van der Waals surface area contributed by atoms with Crippen LogP contribution in [-0.2, 0) is 9.59 Å². The van der Waals surface area contributed by atoms with Gasteiger partial charge in [0.15, 0.2) is 0 Å². The zero-order valence-corrected chi connectivity index (χ0v) is 8.78. The maximum Gasteiger partial charge on any atom is 0.313 e. The highest BCUT2D eigenvalue weighted by atomic mass is 16.4. The molecule has 0 amide bonds.